The molecule has 3 aromatic rings. The van der Waals surface area contributed by atoms with Crippen LogP contribution >= 0.6 is 0 Å². The van der Waals surface area contributed by atoms with Gasteiger partial charge in [-0.2, -0.15) is 0 Å². The van der Waals surface area contributed by atoms with Crippen molar-refractivity contribution in [2.45, 2.75) is 17.9 Å². The fourth-order valence-electron chi connectivity index (χ4n) is 2.61. The fraction of sp³-hybridized carbons (Fsp3) is 0.0952. The maximum Gasteiger partial charge on any atom is 0.251 e. The second kappa shape index (κ2) is 8.24. The number of hydrogen-bond donors (Lipinski definition) is 2. The minimum atomic E-state index is -3.74. The molecule has 1 unspecified atom stereocenters. The number of para-hydroxylation sites is 1. The van der Waals surface area contributed by atoms with E-state index in [1.807, 2.05) is 37.3 Å². The van der Waals surface area contributed by atoms with Gasteiger partial charge in [-0.3, -0.25) is 4.79 Å². The second-order valence-corrected chi connectivity index (χ2v) is 7.81. The van der Waals surface area contributed by atoms with Crippen molar-refractivity contribution >= 4 is 15.9 Å². The lowest BCUT2D eigenvalue weighted by Gasteiger charge is -2.15. The Kier molecular flexibility index (Phi) is 5.77. The molecule has 0 aliphatic heterocycles. The first-order valence-corrected chi connectivity index (χ1v) is 10.1. The lowest BCUT2D eigenvalue weighted by Crippen LogP contribution is -2.26. The third-order valence-electron chi connectivity index (χ3n) is 4.15. The zero-order valence-corrected chi connectivity index (χ0v) is 16.0. The van der Waals surface area contributed by atoms with Crippen LogP contribution in [0, 0.1) is 0 Å². The standard InChI is InChI=1S/C21H20N2O4S/c1-15(16-9-13-20(14-10-16)28(22,25)26)23-21(24)17-7-11-19(12-8-17)27-18-5-3-2-4-6-18/h2-15H,1H3,(H,23,24)(H2,22,25,26). The van der Waals surface area contributed by atoms with Gasteiger partial charge in [0, 0.05) is 5.56 Å². The number of hydrogen-bond acceptors (Lipinski definition) is 4. The molecule has 0 aliphatic carbocycles. The summed E-state index contributed by atoms with van der Waals surface area (Å²) < 4.78 is 28.3. The van der Waals surface area contributed by atoms with Gasteiger partial charge in [-0.15, -0.1) is 0 Å². The van der Waals surface area contributed by atoms with Gasteiger partial charge in [-0.25, -0.2) is 13.6 Å². The Morgan fingerprint density at radius 3 is 2.04 bits per heavy atom. The van der Waals surface area contributed by atoms with E-state index in [0.717, 1.165) is 11.3 Å². The number of primary sulfonamides is 1. The zero-order valence-electron chi connectivity index (χ0n) is 15.2. The molecule has 6 nitrogen and oxygen atoms in total. The molecule has 0 bridgehead atoms. The first kappa shape index (κ1) is 19.6. The molecule has 28 heavy (non-hydrogen) atoms. The Morgan fingerprint density at radius 1 is 0.893 bits per heavy atom. The number of carbonyl (C=O) groups excluding carboxylic acids is 1. The van der Waals surface area contributed by atoms with Crippen molar-refractivity contribution < 1.29 is 17.9 Å². The van der Waals surface area contributed by atoms with Gasteiger partial charge in [-0.1, -0.05) is 30.3 Å². The Labute approximate surface area is 164 Å². The molecular weight excluding hydrogens is 376 g/mol. The molecule has 0 aromatic heterocycles. The van der Waals surface area contributed by atoms with Crippen LogP contribution in [0.2, 0.25) is 0 Å². The summed E-state index contributed by atoms with van der Waals surface area (Å²) in [5, 5.41) is 7.97. The van der Waals surface area contributed by atoms with E-state index >= 15 is 0 Å². The van der Waals surface area contributed by atoms with Gasteiger partial charge in [0.1, 0.15) is 11.5 Å². The molecule has 0 aliphatic rings. The molecule has 0 spiro atoms. The molecule has 0 saturated carbocycles. The lowest BCUT2D eigenvalue weighted by atomic mass is 10.1. The zero-order chi connectivity index (χ0) is 20.1. The Balaban J connectivity index is 1.64. The Hall–Kier alpha value is -3.16. The highest BCUT2D eigenvalue weighted by Gasteiger charge is 2.13. The first-order valence-electron chi connectivity index (χ1n) is 8.59. The quantitative estimate of drug-likeness (QED) is 0.665. The summed E-state index contributed by atoms with van der Waals surface area (Å²) in [6, 6.07) is 22.0. The van der Waals surface area contributed by atoms with Crippen molar-refractivity contribution in [3.05, 3.63) is 90.0 Å². The van der Waals surface area contributed by atoms with Crippen LogP contribution in [0.5, 0.6) is 11.5 Å². The number of nitrogens with two attached hydrogens (primary N) is 1. The first-order chi connectivity index (χ1) is 13.3. The average Bonchev–Trinajstić information content (AvgIpc) is 2.68. The van der Waals surface area contributed by atoms with Crippen molar-refractivity contribution in [3.8, 4) is 11.5 Å². The van der Waals surface area contributed by atoms with E-state index in [1.54, 1.807) is 36.4 Å². The summed E-state index contributed by atoms with van der Waals surface area (Å²) in [6.45, 7) is 1.82. The third kappa shape index (κ3) is 4.97. The van der Waals surface area contributed by atoms with E-state index in [9.17, 15) is 13.2 Å². The number of amides is 1. The summed E-state index contributed by atoms with van der Waals surface area (Å²) in [6.07, 6.45) is 0. The van der Waals surface area contributed by atoms with E-state index in [4.69, 9.17) is 9.88 Å². The predicted octanol–water partition coefficient (Wildman–Crippen LogP) is 3.62. The molecule has 0 saturated heterocycles. The molecule has 7 heteroatoms. The average molecular weight is 396 g/mol. The highest BCUT2D eigenvalue weighted by atomic mass is 32.2. The van der Waals surface area contributed by atoms with Crippen LogP contribution in [-0.2, 0) is 10.0 Å². The van der Waals surface area contributed by atoms with Gasteiger partial charge in [0.25, 0.3) is 5.91 Å². The molecule has 144 valence electrons. The number of rotatable bonds is 6. The van der Waals surface area contributed by atoms with Crippen molar-refractivity contribution in [1.29, 1.82) is 0 Å². The lowest BCUT2D eigenvalue weighted by molar-refractivity contribution is 0.0940. The molecule has 3 rings (SSSR count). The fourth-order valence-corrected chi connectivity index (χ4v) is 3.12. The second-order valence-electron chi connectivity index (χ2n) is 6.25. The van der Waals surface area contributed by atoms with Crippen molar-refractivity contribution in [2.75, 3.05) is 0 Å². The normalized spacial score (nSPS) is 12.2. The minimum Gasteiger partial charge on any atom is -0.457 e. The highest BCUT2D eigenvalue weighted by molar-refractivity contribution is 7.89. The van der Waals surface area contributed by atoms with E-state index in [2.05, 4.69) is 5.32 Å². The van der Waals surface area contributed by atoms with Crippen LogP contribution in [0.1, 0.15) is 28.9 Å². The van der Waals surface area contributed by atoms with Crippen LogP contribution < -0.4 is 15.2 Å². The predicted molar refractivity (Wildman–Crippen MR) is 107 cm³/mol. The van der Waals surface area contributed by atoms with Crippen molar-refractivity contribution in [3.63, 3.8) is 0 Å². The van der Waals surface area contributed by atoms with Crippen molar-refractivity contribution in [2.24, 2.45) is 5.14 Å². The van der Waals surface area contributed by atoms with Crippen LogP contribution in [0.25, 0.3) is 0 Å². The number of sulfonamides is 1. The summed E-state index contributed by atoms with van der Waals surface area (Å²) in [7, 11) is -3.74. The van der Waals surface area contributed by atoms with E-state index < -0.39 is 10.0 Å². The Morgan fingerprint density at radius 2 is 1.46 bits per heavy atom. The van der Waals surface area contributed by atoms with Gasteiger partial charge in [0.2, 0.25) is 10.0 Å². The number of nitrogens with one attached hydrogen (secondary N) is 1. The topological polar surface area (TPSA) is 98.5 Å². The SMILES string of the molecule is CC(NC(=O)c1ccc(Oc2ccccc2)cc1)c1ccc(S(N)(=O)=O)cc1. The molecule has 3 aromatic carbocycles. The molecule has 0 fully saturated rings. The highest BCUT2D eigenvalue weighted by Crippen LogP contribution is 2.22. The maximum atomic E-state index is 12.5. The monoisotopic (exact) mass is 396 g/mol. The van der Waals surface area contributed by atoms with Gasteiger partial charge < -0.3 is 10.1 Å². The van der Waals surface area contributed by atoms with E-state index in [1.165, 1.54) is 12.1 Å². The number of benzene rings is 3. The summed E-state index contributed by atoms with van der Waals surface area (Å²) >= 11 is 0. The van der Waals surface area contributed by atoms with Gasteiger partial charge in [0.05, 0.1) is 10.9 Å². The van der Waals surface area contributed by atoms with E-state index in [0.29, 0.717) is 11.3 Å². The molecular formula is C21H20N2O4S. The number of carbonyl (C=O) groups is 1. The molecule has 0 radical (unpaired) electrons. The maximum absolute atomic E-state index is 12.5. The van der Waals surface area contributed by atoms with Crippen LogP contribution in [-0.4, -0.2) is 14.3 Å². The molecule has 1 amide bonds. The summed E-state index contributed by atoms with van der Waals surface area (Å²) in [4.78, 5) is 12.5. The summed E-state index contributed by atoms with van der Waals surface area (Å²) in [5.74, 6) is 1.11. The van der Waals surface area contributed by atoms with Crippen LogP contribution in [0.15, 0.2) is 83.8 Å². The van der Waals surface area contributed by atoms with Crippen LogP contribution in [0.4, 0.5) is 0 Å². The smallest absolute Gasteiger partial charge is 0.251 e. The van der Waals surface area contributed by atoms with Crippen molar-refractivity contribution in [1.82, 2.24) is 5.32 Å². The summed E-state index contributed by atoms with van der Waals surface area (Å²) in [5.41, 5.74) is 1.26. The third-order valence-corrected chi connectivity index (χ3v) is 5.08. The molecule has 0 heterocycles. The van der Waals surface area contributed by atoms with E-state index in [-0.39, 0.29) is 16.8 Å². The Bertz CT molecular complexity index is 1050. The van der Waals surface area contributed by atoms with Gasteiger partial charge in [0.15, 0.2) is 0 Å². The largest absolute Gasteiger partial charge is 0.457 e. The molecule has 3 N–H and O–H groups in total. The number of ether oxygens (including phenoxy) is 1. The van der Waals surface area contributed by atoms with Gasteiger partial charge in [-0.05, 0) is 61.0 Å². The van der Waals surface area contributed by atoms with Crippen LogP contribution in [0.3, 0.4) is 0 Å². The minimum absolute atomic E-state index is 0.0313. The molecule has 1 atom stereocenters. The van der Waals surface area contributed by atoms with Gasteiger partial charge >= 0.3 is 0 Å².